The topological polar surface area (TPSA) is 116 Å². The fraction of sp³-hybridized carbons (Fsp3) is 0.923. The van der Waals surface area contributed by atoms with Crippen molar-refractivity contribution >= 4 is 7.85 Å². The number of hydrogen-bond donors (Lipinski definition) is 0. The van der Waals surface area contributed by atoms with E-state index in [9.17, 15) is 20.4 Å². The summed E-state index contributed by atoms with van der Waals surface area (Å²) >= 11 is 0. The van der Waals surface area contributed by atoms with E-state index in [1.165, 1.54) is 0 Å². The van der Waals surface area contributed by atoms with Crippen molar-refractivity contribution in [1.29, 1.82) is 5.26 Å². The molecule has 5 nitrogen and oxygen atoms in total. The summed E-state index contributed by atoms with van der Waals surface area (Å²) in [5.74, 6) is 2.00. The van der Waals surface area contributed by atoms with Crippen molar-refractivity contribution in [3.05, 3.63) is 0 Å². The fourth-order valence-corrected chi connectivity index (χ4v) is 0. The Morgan fingerprint density at radius 2 is 0.560 bits per heavy atom. The van der Waals surface area contributed by atoms with Crippen molar-refractivity contribution in [2.45, 2.75) is 79.8 Å². The van der Waals surface area contributed by atoms with Gasteiger partial charge < -0.3 is 20.4 Å². The van der Waals surface area contributed by atoms with Crippen LogP contribution in [-0.2, 0) is 21.7 Å². The Morgan fingerprint density at radius 1 is 0.560 bits per heavy atom. The molecule has 0 saturated carbocycles. The number of nitrogens with zero attached hydrogens (tertiary/aromatic N) is 1. The Bertz CT molecular complexity index is 146. The van der Waals surface area contributed by atoms with E-state index in [-0.39, 0.29) is 177 Å². The van der Waals surface area contributed by atoms with Gasteiger partial charge in [0, 0.05) is 21.7 Å². The van der Waals surface area contributed by atoms with Crippen molar-refractivity contribution in [2.24, 2.45) is 0 Å². The van der Waals surface area contributed by atoms with Gasteiger partial charge in [-0.3, -0.25) is 5.26 Å². The molecule has 0 aliphatic heterocycles. The van der Waals surface area contributed by atoms with Crippen molar-refractivity contribution in [3.63, 3.8) is 0 Å². The normalized spacial score (nSPS) is 6.08. The zero-order valence-electron chi connectivity index (χ0n) is 18.4. The van der Waals surface area contributed by atoms with Crippen molar-refractivity contribution in [3.8, 4) is 5.97 Å². The third kappa shape index (κ3) is 820. The van der Waals surface area contributed by atoms with Gasteiger partial charge in [-0.05, 0) is 0 Å². The minimum atomic E-state index is -0.417. The SMILES string of the molecule is CC(C)[O-].CC(C)[O-].CC(C)[O-].CC(C)[O-].[BH3-]C#N.[Na+].[Na+].[Na+].[Na+].[Na+].[Ti]. The molecule has 0 bridgehead atoms. The largest absolute Gasteiger partial charge is 1.00 e. The Morgan fingerprint density at radius 3 is 0.560 bits per heavy atom. The average molecular weight is 439 g/mol. The fourth-order valence-electron chi connectivity index (χ4n) is 0. The van der Waals surface area contributed by atoms with Gasteiger partial charge in [-0.2, -0.15) is 5.97 Å². The quantitative estimate of drug-likeness (QED) is 0.348. The molecule has 124 valence electrons. The average Bonchev–Trinajstić information content (AvgIpc) is 1.97. The van der Waals surface area contributed by atoms with Crippen LogP contribution in [0.3, 0.4) is 0 Å². The molecule has 0 fully saturated rings. The molecule has 0 N–H and O–H groups in total. The summed E-state index contributed by atoms with van der Waals surface area (Å²) in [4.78, 5) is 0. The van der Waals surface area contributed by atoms with E-state index in [1.807, 2.05) is 5.97 Å². The maximum atomic E-state index is 9.53. The van der Waals surface area contributed by atoms with E-state index in [0.717, 1.165) is 0 Å². The molecular weight excluding hydrogens is 408 g/mol. The van der Waals surface area contributed by atoms with Crippen LogP contribution in [0, 0.1) is 11.2 Å². The Labute approximate surface area is 283 Å². The van der Waals surface area contributed by atoms with Gasteiger partial charge in [0.1, 0.15) is 0 Å². The van der Waals surface area contributed by atoms with Crippen LogP contribution in [-0.4, -0.2) is 32.3 Å². The van der Waals surface area contributed by atoms with E-state index in [2.05, 4.69) is 0 Å². The first-order chi connectivity index (χ1) is 8.34. The molecule has 0 aliphatic rings. The summed E-state index contributed by atoms with van der Waals surface area (Å²) in [7, 11) is 0.0694. The van der Waals surface area contributed by atoms with E-state index in [4.69, 9.17) is 5.26 Å². The molecule has 0 unspecified atom stereocenters. The van der Waals surface area contributed by atoms with Crippen LogP contribution >= 0.6 is 0 Å². The Kier molecular flexibility index (Phi) is 196. The smallest absolute Gasteiger partial charge is 0.852 e. The van der Waals surface area contributed by atoms with Crippen LogP contribution in [0.1, 0.15) is 55.4 Å². The second kappa shape index (κ2) is 70.1. The molecule has 12 heteroatoms. The van der Waals surface area contributed by atoms with Gasteiger partial charge in [0.05, 0.1) is 7.85 Å². The number of hydrogen-bond acceptors (Lipinski definition) is 5. The van der Waals surface area contributed by atoms with Gasteiger partial charge >= 0.3 is 148 Å². The predicted molar refractivity (Wildman–Crippen MR) is 76.1 cm³/mol. The van der Waals surface area contributed by atoms with Crippen LogP contribution in [0.25, 0.3) is 0 Å². The minimum Gasteiger partial charge on any atom is -0.852 e. The van der Waals surface area contributed by atoms with E-state index >= 15 is 0 Å². The zero-order valence-corrected chi connectivity index (χ0v) is 30.0. The third-order valence-corrected chi connectivity index (χ3v) is 0. The van der Waals surface area contributed by atoms with Gasteiger partial charge in [0.25, 0.3) is 0 Å². The molecule has 0 saturated heterocycles. The third-order valence-electron chi connectivity index (χ3n) is 0. The van der Waals surface area contributed by atoms with Crippen molar-refractivity contribution in [2.75, 3.05) is 0 Å². The van der Waals surface area contributed by atoms with Crippen LogP contribution < -0.4 is 168 Å². The monoisotopic (exact) mass is 439 g/mol. The Hall–Kier alpha value is 5.11. The van der Waals surface area contributed by atoms with E-state index < -0.39 is 24.4 Å². The molecule has 0 amide bonds. The van der Waals surface area contributed by atoms with Gasteiger partial charge in [-0.25, -0.2) is 0 Å². The van der Waals surface area contributed by atoms with Crippen LogP contribution in [0.15, 0.2) is 0 Å². The van der Waals surface area contributed by atoms with Gasteiger partial charge in [0.2, 0.25) is 0 Å². The first-order valence-corrected chi connectivity index (χ1v) is 5.79. The molecule has 0 heterocycles. The first kappa shape index (κ1) is 69.9. The maximum Gasteiger partial charge on any atom is 1.00 e. The number of nitriles is 1. The Balaban J connectivity index is -0.0000000103. The minimum absolute atomic E-state index is 0. The molecule has 0 rings (SSSR count). The van der Waals surface area contributed by atoms with Gasteiger partial charge in [-0.1, -0.05) is 55.4 Å². The summed E-state index contributed by atoms with van der Waals surface area (Å²) in [6, 6.07) is 0. The molecule has 0 radical (unpaired) electrons. The molecule has 0 aromatic rings. The summed E-state index contributed by atoms with van der Waals surface area (Å²) < 4.78 is 0. The van der Waals surface area contributed by atoms with Crippen LogP contribution in [0.2, 0.25) is 0 Å². The second-order valence-corrected chi connectivity index (χ2v) is 4.20. The molecular formula is C13H31BNNa5O4Ti. The van der Waals surface area contributed by atoms with Crippen molar-refractivity contribution in [1.82, 2.24) is 0 Å². The summed E-state index contributed by atoms with van der Waals surface area (Å²) in [5, 5.41) is 45.5. The molecule has 0 atom stereocenters. The molecule has 0 aromatic heterocycles. The predicted octanol–water partition coefficient (Wildman–Crippen LogP) is -17.1. The zero-order chi connectivity index (χ0) is 17.0. The molecule has 0 spiro atoms. The molecule has 0 aliphatic carbocycles. The number of rotatable bonds is 0. The molecule has 0 aromatic carbocycles. The first-order valence-electron chi connectivity index (χ1n) is 5.79. The second-order valence-electron chi connectivity index (χ2n) is 4.20. The van der Waals surface area contributed by atoms with Gasteiger partial charge in [0.15, 0.2) is 0 Å². The summed E-state index contributed by atoms with van der Waals surface area (Å²) in [6.45, 7) is 12.9. The summed E-state index contributed by atoms with van der Waals surface area (Å²) in [6.07, 6.45) is -1.67. The van der Waals surface area contributed by atoms with Crippen LogP contribution in [0.5, 0.6) is 0 Å². The maximum absolute atomic E-state index is 9.53. The van der Waals surface area contributed by atoms with Crippen molar-refractivity contribution < 1.29 is 190 Å². The van der Waals surface area contributed by atoms with E-state index in [1.54, 1.807) is 55.4 Å². The van der Waals surface area contributed by atoms with E-state index in [0.29, 0.717) is 0 Å². The van der Waals surface area contributed by atoms with Crippen LogP contribution in [0.4, 0.5) is 0 Å². The summed E-state index contributed by atoms with van der Waals surface area (Å²) in [5.41, 5.74) is 0. The molecule has 25 heavy (non-hydrogen) atoms. The van der Waals surface area contributed by atoms with Gasteiger partial charge in [-0.15, -0.1) is 24.4 Å². The standard InChI is InChI=1S/4C3H7O.CH3BN.5Na.Ti/c4*1-3(2)4;2-1-3;;;;;;/h4*3H,1-2H3;2H3;;;;;;/q5*-1;5*+1;.